The maximum absolute atomic E-state index is 11.8. The normalized spacial score (nSPS) is 11.5. The number of alkyl halides is 3. The zero-order valence-corrected chi connectivity index (χ0v) is 8.39. The first-order valence-electron chi connectivity index (χ1n) is 3.53. The van der Waals surface area contributed by atoms with E-state index in [1.54, 1.807) is 0 Å². The number of halogens is 4. The number of hydrogen-bond donors (Lipinski definition) is 1. The summed E-state index contributed by atoms with van der Waals surface area (Å²) in [7, 11) is 0. The van der Waals surface area contributed by atoms with Gasteiger partial charge in [0.2, 0.25) is 5.88 Å². The van der Waals surface area contributed by atoms with Gasteiger partial charge >= 0.3 is 6.36 Å². The van der Waals surface area contributed by atoms with Gasteiger partial charge in [0, 0.05) is 12.7 Å². The van der Waals surface area contributed by atoms with E-state index in [0.717, 1.165) is 0 Å². The van der Waals surface area contributed by atoms with Crippen molar-refractivity contribution in [3.05, 3.63) is 22.3 Å². The molecule has 0 fully saturated rings. The lowest BCUT2D eigenvalue weighted by Gasteiger charge is -2.10. The van der Waals surface area contributed by atoms with Crippen LogP contribution in [0.25, 0.3) is 0 Å². The number of nitrogens with zero attached hydrogens (tertiary/aromatic N) is 1. The smallest absolute Gasteiger partial charge is 0.387 e. The van der Waals surface area contributed by atoms with Crippen molar-refractivity contribution in [2.24, 2.45) is 5.73 Å². The van der Waals surface area contributed by atoms with Crippen LogP contribution < -0.4 is 10.5 Å². The van der Waals surface area contributed by atoms with Gasteiger partial charge in [-0.25, -0.2) is 4.98 Å². The first-order chi connectivity index (χ1) is 6.44. The van der Waals surface area contributed by atoms with E-state index in [1.165, 1.54) is 12.3 Å². The highest BCUT2D eigenvalue weighted by Gasteiger charge is 2.32. The lowest BCUT2D eigenvalue weighted by atomic mass is 10.3. The minimum absolute atomic E-state index is 0.108. The number of nitrogens with two attached hydrogens (primary N) is 1. The summed E-state index contributed by atoms with van der Waals surface area (Å²) < 4.78 is 39.3. The summed E-state index contributed by atoms with van der Waals surface area (Å²) in [5.41, 5.74) is 5.79. The molecule has 3 nitrogen and oxygen atoms in total. The van der Waals surface area contributed by atoms with Crippen molar-refractivity contribution in [1.82, 2.24) is 4.98 Å². The minimum Gasteiger partial charge on any atom is -0.387 e. The third kappa shape index (κ3) is 2.85. The van der Waals surface area contributed by atoms with E-state index >= 15 is 0 Å². The van der Waals surface area contributed by atoms with Crippen molar-refractivity contribution >= 4 is 15.9 Å². The van der Waals surface area contributed by atoms with E-state index in [1.807, 2.05) is 0 Å². The van der Waals surface area contributed by atoms with Crippen LogP contribution in [0.2, 0.25) is 0 Å². The number of hydrogen-bond acceptors (Lipinski definition) is 3. The molecule has 7 heteroatoms. The summed E-state index contributed by atoms with van der Waals surface area (Å²) in [6.45, 7) is 0.108. The van der Waals surface area contributed by atoms with Crippen LogP contribution in [0.3, 0.4) is 0 Å². The molecule has 0 spiro atoms. The Morgan fingerprint density at radius 3 is 2.64 bits per heavy atom. The second kappa shape index (κ2) is 4.14. The average Bonchev–Trinajstić information content (AvgIpc) is 2.06. The summed E-state index contributed by atoms with van der Waals surface area (Å²) in [4.78, 5) is 3.43. The van der Waals surface area contributed by atoms with Gasteiger partial charge in [-0.2, -0.15) is 0 Å². The maximum Gasteiger partial charge on any atom is 0.574 e. The molecule has 1 aromatic heterocycles. The first-order valence-corrected chi connectivity index (χ1v) is 4.32. The molecule has 78 valence electrons. The molecule has 0 radical (unpaired) electrons. The first kappa shape index (κ1) is 11.3. The van der Waals surface area contributed by atoms with Gasteiger partial charge in [0.05, 0.1) is 4.47 Å². The lowest BCUT2D eigenvalue weighted by molar-refractivity contribution is -0.276. The van der Waals surface area contributed by atoms with E-state index in [-0.39, 0.29) is 11.0 Å². The molecule has 0 aliphatic rings. The monoisotopic (exact) mass is 270 g/mol. The predicted molar refractivity (Wildman–Crippen MR) is 46.5 cm³/mol. The van der Waals surface area contributed by atoms with E-state index in [2.05, 4.69) is 25.7 Å². The molecule has 0 bridgehead atoms. The molecule has 0 aliphatic heterocycles. The van der Waals surface area contributed by atoms with Crippen LogP contribution in [0.15, 0.2) is 16.7 Å². The highest BCUT2D eigenvalue weighted by atomic mass is 79.9. The van der Waals surface area contributed by atoms with Gasteiger partial charge < -0.3 is 10.5 Å². The maximum atomic E-state index is 11.8. The lowest BCUT2D eigenvalue weighted by Crippen LogP contribution is -2.18. The molecule has 0 saturated heterocycles. The Kier molecular flexibility index (Phi) is 3.33. The Hall–Kier alpha value is -0.820. The minimum atomic E-state index is -4.75. The van der Waals surface area contributed by atoms with E-state index in [9.17, 15) is 13.2 Å². The molecular weight excluding hydrogens is 265 g/mol. The Bertz CT molecular complexity index is 329. The molecule has 0 unspecified atom stereocenters. The van der Waals surface area contributed by atoms with Gasteiger partial charge in [-0.05, 0) is 27.6 Å². The summed E-state index contributed by atoms with van der Waals surface area (Å²) in [6.07, 6.45) is -3.54. The Morgan fingerprint density at radius 1 is 1.50 bits per heavy atom. The SMILES string of the molecule is NCc1ccnc(OC(F)(F)F)c1Br. The summed E-state index contributed by atoms with van der Waals surface area (Å²) in [5, 5.41) is 0. The fourth-order valence-electron chi connectivity index (χ4n) is 0.801. The molecular formula is C7H6BrF3N2O. The summed E-state index contributed by atoms with van der Waals surface area (Å²) in [6, 6.07) is 1.51. The van der Waals surface area contributed by atoms with Crippen LogP contribution in [0, 0.1) is 0 Å². The third-order valence-corrected chi connectivity index (χ3v) is 2.22. The van der Waals surface area contributed by atoms with Crippen LogP contribution in [0.4, 0.5) is 13.2 Å². The predicted octanol–water partition coefficient (Wildman–Crippen LogP) is 2.20. The van der Waals surface area contributed by atoms with E-state index in [0.29, 0.717) is 5.56 Å². The van der Waals surface area contributed by atoms with E-state index in [4.69, 9.17) is 5.73 Å². The van der Waals surface area contributed by atoms with Crippen molar-refractivity contribution in [1.29, 1.82) is 0 Å². The van der Waals surface area contributed by atoms with Gasteiger partial charge in [-0.1, -0.05) is 0 Å². The van der Waals surface area contributed by atoms with Crippen molar-refractivity contribution in [3.8, 4) is 5.88 Å². The third-order valence-electron chi connectivity index (χ3n) is 1.37. The van der Waals surface area contributed by atoms with Gasteiger partial charge in [0.25, 0.3) is 0 Å². The largest absolute Gasteiger partial charge is 0.574 e. The molecule has 0 saturated carbocycles. The fraction of sp³-hybridized carbons (Fsp3) is 0.286. The molecule has 0 amide bonds. The van der Waals surface area contributed by atoms with Crippen LogP contribution in [0.1, 0.15) is 5.56 Å². The Labute approximate surface area is 86.2 Å². The van der Waals surface area contributed by atoms with Gasteiger partial charge in [0.15, 0.2) is 0 Å². The van der Waals surface area contributed by atoms with Crippen LogP contribution >= 0.6 is 15.9 Å². The van der Waals surface area contributed by atoms with Crippen molar-refractivity contribution < 1.29 is 17.9 Å². The average molecular weight is 271 g/mol. The molecule has 0 atom stereocenters. The van der Waals surface area contributed by atoms with Gasteiger partial charge in [0.1, 0.15) is 0 Å². The highest BCUT2D eigenvalue weighted by molar-refractivity contribution is 9.10. The second-order valence-corrected chi connectivity index (χ2v) is 3.13. The van der Waals surface area contributed by atoms with Crippen molar-refractivity contribution in [2.75, 3.05) is 0 Å². The van der Waals surface area contributed by atoms with E-state index < -0.39 is 12.2 Å². The molecule has 1 heterocycles. The van der Waals surface area contributed by atoms with Crippen molar-refractivity contribution in [2.45, 2.75) is 12.9 Å². The molecule has 1 rings (SSSR count). The van der Waals surface area contributed by atoms with Gasteiger partial charge in [-0.3, -0.25) is 0 Å². The van der Waals surface area contributed by atoms with Crippen LogP contribution in [-0.2, 0) is 6.54 Å². The number of rotatable bonds is 2. The molecule has 0 aliphatic carbocycles. The quantitative estimate of drug-likeness (QED) is 0.897. The molecule has 0 aromatic carbocycles. The highest BCUT2D eigenvalue weighted by Crippen LogP contribution is 2.30. The van der Waals surface area contributed by atoms with Gasteiger partial charge in [-0.15, -0.1) is 13.2 Å². The summed E-state index contributed by atoms with van der Waals surface area (Å²) >= 11 is 2.93. The molecule has 1 aromatic rings. The van der Waals surface area contributed by atoms with Crippen LogP contribution in [-0.4, -0.2) is 11.3 Å². The zero-order chi connectivity index (χ0) is 10.8. The number of pyridine rings is 1. The Balaban J connectivity index is 2.98. The molecule has 14 heavy (non-hydrogen) atoms. The second-order valence-electron chi connectivity index (χ2n) is 2.34. The fourth-order valence-corrected chi connectivity index (χ4v) is 1.28. The topological polar surface area (TPSA) is 48.1 Å². The zero-order valence-electron chi connectivity index (χ0n) is 6.81. The number of aromatic nitrogens is 1. The van der Waals surface area contributed by atoms with Crippen LogP contribution in [0.5, 0.6) is 5.88 Å². The Morgan fingerprint density at radius 2 is 2.14 bits per heavy atom. The van der Waals surface area contributed by atoms with Crippen molar-refractivity contribution in [3.63, 3.8) is 0 Å². The standard InChI is InChI=1S/C7H6BrF3N2O/c8-5-4(3-12)1-2-13-6(5)14-7(9,10)11/h1-2H,3,12H2. The number of ether oxygens (including phenoxy) is 1. The summed E-state index contributed by atoms with van der Waals surface area (Å²) in [5.74, 6) is -0.527. The molecule has 2 N–H and O–H groups in total.